The summed E-state index contributed by atoms with van der Waals surface area (Å²) in [5.41, 5.74) is 4.63. The second-order valence-electron chi connectivity index (χ2n) is 11.4. The number of benzene rings is 1. The molecule has 0 spiro atoms. The number of esters is 1. The Kier molecular flexibility index (Phi) is 11.1. The van der Waals surface area contributed by atoms with Crippen LogP contribution in [0.1, 0.15) is 59.9 Å². The number of aromatic nitrogens is 1. The van der Waals surface area contributed by atoms with Crippen LogP contribution in [-0.2, 0) is 30.2 Å². The monoisotopic (exact) mass is 575 g/mol. The summed E-state index contributed by atoms with van der Waals surface area (Å²) in [7, 11) is 1.19. The topological polar surface area (TPSA) is 180 Å². The van der Waals surface area contributed by atoms with Crippen molar-refractivity contribution >= 4 is 41.0 Å². The first-order valence-corrected chi connectivity index (χ1v) is 13.2. The molecule has 41 heavy (non-hydrogen) atoms. The van der Waals surface area contributed by atoms with Gasteiger partial charge in [-0.05, 0) is 66.0 Å². The van der Waals surface area contributed by atoms with Gasteiger partial charge in [-0.3, -0.25) is 9.36 Å². The lowest BCUT2D eigenvalue weighted by atomic mass is 10.0. The van der Waals surface area contributed by atoms with Crippen molar-refractivity contribution in [3.8, 4) is 0 Å². The van der Waals surface area contributed by atoms with Gasteiger partial charge in [0.05, 0.1) is 12.6 Å². The number of ether oxygens (including phenoxy) is 3. The quantitative estimate of drug-likeness (QED) is 0.190. The zero-order chi connectivity index (χ0) is 31.0. The average molecular weight is 576 g/mol. The minimum Gasteiger partial charge on any atom is -0.467 e. The van der Waals surface area contributed by atoms with Crippen LogP contribution in [-0.4, -0.2) is 71.6 Å². The van der Waals surface area contributed by atoms with Gasteiger partial charge in [0.1, 0.15) is 23.3 Å². The van der Waals surface area contributed by atoms with E-state index in [1.54, 1.807) is 72.0 Å². The van der Waals surface area contributed by atoms with Crippen LogP contribution in [0, 0.1) is 0 Å². The molecule has 1 aromatic carbocycles. The standard InChI is InChI=1S/C28H41N5O8/c1-27(2,3)40-25(37)32-20(22(34)31-19(23(35)39-7)12-10-14-30-24(29)36)15-17-16-33(26(38)41-28(4,5)6)21-13-9-8-11-18(17)21/h8-9,11,13,16,19-20H,10,12,14-15H2,1-7H3,(H,31,34)(H,32,37)(H3,29,30,36)/t19-,20+/m0/s1. The highest BCUT2D eigenvalue weighted by atomic mass is 16.6. The van der Waals surface area contributed by atoms with Gasteiger partial charge in [-0.15, -0.1) is 0 Å². The van der Waals surface area contributed by atoms with Crippen LogP contribution in [0.5, 0.6) is 0 Å². The number of hydrogen-bond acceptors (Lipinski definition) is 8. The molecule has 2 aromatic rings. The summed E-state index contributed by atoms with van der Waals surface area (Å²) < 4.78 is 17.1. The molecule has 0 radical (unpaired) electrons. The van der Waals surface area contributed by atoms with E-state index in [1.165, 1.54) is 11.7 Å². The fourth-order valence-corrected chi connectivity index (χ4v) is 3.94. The summed E-state index contributed by atoms with van der Waals surface area (Å²) in [6, 6.07) is 4.12. The number of hydrogen-bond donors (Lipinski definition) is 4. The SMILES string of the molecule is COC(=O)[C@H](CCCNC(N)=O)NC(=O)[C@@H](Cc1cn(C(=O)OC(C)(C)C)c2ccccc12)NC(=O)OC(C)(C)C. The molecular formula is C28H41N5O8. The maximum Gasteiger partial charge on any atom is 0.419 e. The Morgan fingerprint density at radius 1 is 0.927 bits per heavy atom. The summed E-state index contributed by atoms with van der Waals surface area (Å²) in [6.07, 6.45) is 0.527. The normalized spacial score (nSPS) is 13.0. The van der Waals surface area contributed by atoms with Gasteiger partial charge in [0.15, 0.2) is 0 Å². The van der Waals surface area contributed by atoms with Crippen molar-refractivity contribution in [2.24, 2.45) is 5.73 Å². The number of nitrogens with two attached hydrogens (primary N) is 1. The number of alkyl carbamates (subject to hydrolysis) is 1. The molecule has 0 saturated heterocycles. The van der Waals surface area contributed by atoms with E-state index in [0.29, 0.717) is 22.9 Å². The van der Waals surface area contributed by atoms with Gasteiger partial charge in [0, 0.05) is 24.5 Å². The van der Waals surface area contributed by atoms with E-state index in [2.05, 4.69) is 16.0 Å². The van der Waals surface area contributed by atoms with Crippen LogP contribution < -0.4 is 21.7 Å². The molecular weight excluding hydrogens is 534 g/mol. The molecule has 13 heteroatoms. The van der Waals surface area contributed by atoms with E-state index in [9.17, 15) is 24.0 Å². The van der Waals surface area contributed by atoms with Gasteiger partial charge in [-0.2, -0.15) is 0 Å². The molecule has 1 heterocycles. The first-order valence-electron chi connectivity index (χ1n) is 13.2. The molecule has 5 N–H and O–H groups in total. The number of nitrogens with zero attached hydrogens (tertiary/aromatic N) is 1. The van der Waals surface area contributed by atoms with Gasteiger partial charge in [-0.25, -0.2) is 19.2 Å². The van der Waals surface area contributed by atoms with Crippen molar-refractivity contribution < 1.29 is 38.2 Å². The Labute approximate surface area is 239 Å². The molecule has 0 unspecified atom stereocenters. The molecule has 226 valence electrons. The van der Waals surface area contributed by atoms with E-state index in [1.807, 2.05) is 0 Å². The Morgan fingerprint density at radius 3 is 2.15 bits per heavy atom. The first kappa shape index (κ1) is 32.9. The summed E-state index contributed by atoms with van der Waals surface area (Å²) in [4.78, 5) is 62.5. The minimum atomic E-state index is -1.20. The number of nitrogens with one attached hydrogen (secondary N) is 3. The molecule has 0 fully saturated rings. The van der Waals surface area contributed by atoms with Crippen molar-refractivity contribution in [3.63, 3.8) is 0 Å². The molecule has 4 amide bonds. The van der Waals surface area contributed by atoms with Crippen molar-refractivity contribution in [1.29, 1.82) is 0 Å². The van der Waals surface area contributed by atoms with Gasteiger partial charge in [-0.1, -0.05) is 18.2 Å². The van der Waals surface area contributed by atoms with Crippen molar-refractivity contribution in [3.05, 3.63) is 36.0 Å². The number of amides is 4. The lowest BCUT2D eigenvalue weighted by molar-refractivity contribution is -0.145. The van der Waals surface area contributed by atoms with Crippen LogP contribution in [0.4, 0.5) is 14.4 Å². The highest BCUT2D eigenvalue weighted by Crippen LogP contribution is 2.24. The third-order valence-electron chi connectivity index (χ3n) is 5.59. The second-order valence-corrected chi connectivity index (χ2v) is 11.4. The van der Waals surface area contributed by atoms with E-state index < -0.39 is 53.4 Å². The summed E-state index contributed by atoms with van der Waals surface area (Å²) in [5, 5.41) is 8.30. The predicted octanol–water partition coefficient (Wildman–Crippen LogP) is 2.97. The maximum atomic E-state index is 13.5. The summed E-state index contributed by atoms with van der Waals surface area (Å²) >= 11 is 0. The zero-order valence-electron chi connectivity index (χ0n) is 24.7. The van der Waals surface area contributed by atoms with Crippen molar-refractivity contribution in [2.45, 2.75) is 84.1 Å². The number of methoxy groups -OCH3 is 1. The largest absolute Gasteiger partial charge is 0.467 e. The molecule has 1 aromatic heterocycles. The van der Waals surface area contributed by atoms with Crippen LogP contribution in [0.15, 0.2) is 30.5 Å². The van der Waals surface area contributed by atoms with Gasteiger partial charge in [0.25, 0.3) is 0 Å². The Balaban J connectivity index is 2.39. The van der Waals surface area contributed by atoms with Gasteiger partial charge >= 0.3 is 24.2 Å². The lowest BCUT2D eigenvalue weighted by Crippen LogP contribution is -2.53. The maximum absolute atomic E-state index is 13.5. The third kappa shape index (κ3) is 10.7. The molecule has 0 bridgehead atoms. The number of carbonyl (C=O) groups is 5. The molecule has 2 rings (SSSR count). The predicted molar refractivity (Wildman–Crippen MR) is 151 cm³/mol. The van der Waals surface area contributed by atoms with E-state index in [-0.39, 0.29) is 19.4 Å². The highest BCUT2D eigenvalue weighted by molar-refractivity contribution is 5.94. The minimum absolute atomic E-state index is 0.0431. The highest BCUT2D eigenvalue weighted by Gasteiger charge is 2.30. The molecule has 0 aliphatic carbocycles. The van der Waals surface area contributed by atoms with Crippen LogP contribution in [0.2, 0.25) is 0 Å². The zero-order valence-corrected chi connectivity index (χ0v) is 24.7. The molecule has 0 aliphatic heterocycles. The fourth-order valence-electron chi connectivity index (χ4n) is 3.94. The molecule has 2 atom stereocenters. The van der Waals surface area contributed by atoms with E-state index in [4.69, 9.17) is 19.9 Å². The Morgan fingerprint density at radius 2 is 1.56 bits per heavy atom. The average Bonchev–Trinajstić information content (AvgIpc) is 3.21. The summed E-state index contributed by atoms with van der Waals surface area (Å²) in [5.74, 6) is -1.38. The summed E-state index contributed by atoms with van der Waals surface area (Å²) in [6.45, 7) is 10.5. The molecule has 0 saturated carbocycles. The number of fused-ring (bicyclic) bond motifs is 1. The second kappa shape index (κ2) is 13.9. The first-order chi connectivity index (χ1) is 19.0. The molecule has 13 nitrogen and oxygen atoms in total. The third-order valence-corrected chi connectivity index (χ3v) is 5.59. The van der Waals surface area contributed by atoms with Crippen LogP contribution in [0.3, 0.4) is 0 Å². The number of rotatable bonds is 10. The Hall–Kier alpha value is -4.29. The van der Waals surface area contributed by atoms with E-state index in [0.717, 1.165) is 0 Å². The smallest absolute Gasteiger partial charge is 0.419 e. The van der Waals surface area contributed by atoms with Gasteiger partial charge in [0.2, 0.25) is 5.91 Å². The van der Waals surface area contributed by atoms with E-state index >= 15 is 0 Å². The molecule has 0 aliphatic rings. The van der Waals surface area contributed by atoms with Gasteiger partial charge < -0.3 is 35.9 Å². The van der Waals surface area contributed by atoms with Crippen LogP contribution in [0.25, 0.3) is 10.9 Å². The van der Waals surface area contributed by atoms with Crippen molar-refractivity contribution in [2.75, 3.05) is 13.7 Å². The van der Waals surface area contributed by atoms with Crippen LogP contribution >= 0.6 is 0 Å². The Bertz CT molecular complexity index is 1260. The number of urea groups is 1. The van der Waals surface area contributed by atoms with Crippen molar-refractivity contribution in [1.82, 2.24) is 20.5 Å². The number of para-hydroxylation sites is 1. The number of primary amides is 1. The lowest BCUT2D eigenvalue weighted by Gasteiger charge is -2.25. The fraction of sp³-hybridized carbons (Fsp3) is 0.536. The number of carbonyl (C=O) groups excluding carboxylic acids is 5.